The molecule has 32 heavy (non-hydrogen) atoms. The molecule has 4 heteroatoms. The molecular weight excluding hydrogens is 458 g/mol. The molecule has 3 nitrogen and oxygen atoms in total. The van der Waals surface area contributed by atoms with Crippen LogP contribution in [0.15, 0.2) is 126 Å². The zero-order valence-corrected chi connectivity index (χ0v) is 18.9. The Morgan fingerprint density at radius 3 is 1.56 bits per heavy atom. The zero-order chi connectivity index (χ0) is 21.8. The standard InChI is InChI=1S/C28H20BrN3/c29-24-15-11-21(12-16-24)22-13-17-26(18-14-22)32(25-9-5-2-6-10-25)27-19-30-28(31-20-27)23-7-3-1-4-8-23/h1-20H. The summed E-state index contributed by atoms with van der Waals surface area (Å²) in [6.07, 6.45) is 3.76. The van der Waals surface area contributed by atoms with Crippen LogP contribution in [0.25, 0.3) is 22.5 Å². The maximum atomic E-state index is 4.64. The normalized spacial score (nSPS) is 10.7. The minimum absolute atomic E-state index is 0.716. The van der Waals surface area contributed by atoms with Gasteiger partial charge in [-0.25, -0.2) is 9.97 Å². The predicted octanol–water partition coefficient (Wildman–Crippen LogP) is 8.04. The Morgan fingerprint density at radius 2 is 0.969 bits per heavy atom. The first-order valence-corrected chi connectivity index (χ1v) is 11.2. The van der Waals surface area contributed by atoms with Crippen LogP contribution in [0.2, 0.25) is 0 Å². The largest absolute Gasteiger partial charge is 0.308 e. The second kappa shape index (κ2) is 9.16. The maximum absolute atomic E-state index is 4.64. The van der Waals surface area contributed by atoms with Gasteiger partial charge in [-0.1, -0.05) is 88.7 Å². The molecule has 5 rings (SSSR count). The molecule has 0 spiro atoms. The van der Waals surface area contributed by atoms with Gasteiger partial charge in [-0.3, -0.25) is 0 Å². The summed E-state index contributed by atoms with van der Waals surface area (Å²) >= 11 is 3.50. The SMILES string of the molecule is Brc1ccc(-c2ccc(N(c3ccccc3)c3cnc(-c4ccccc4)nc3)cc2)cc1. The van der Waals surface area contributed by atoms with E-state index in [0.717, 1.165) is 27.1 Å². The van der Waals surface area contributed by atoms with Crippen LogP contribution in [0, 0.1) is 0 Å². The lowest BCUT2D eigenvalue weighted by atomic mass is 10.1. The fourth-order valence-electron chi connectivity index (χ4n) is 3.64. The van der Waals surface area contributed by atoms with Crippen molar-refractivity contribution >= 4 is 33.0 Å². The number of rotatable bonds is 5. The van der Waals surface area contributed by atoms with Crippen molar-refractivity contribution in [2.24, 2.45) is 0 Å². The maximum Gasteiger partial charge on any atom is 0.159 e. The van der Waals surface area contributed by atoms with Crippen LogP contribution < -0.4 is 4.90 Å². The number of hydrogen-bond acceptors (Lipinski definition) is 3. The Bertz CT molecular complexity index is 1290. The van der Waals surface area contributed by atoms with Gasteiger partial charge >= 0.3 is 0 Å². The highest BCUT2D eigenvalue weighted by Crippen LogP contribution is 2.35. The molecule has 0 unspecified atom stereocenters. The number of benzene rings is 4. The lowest BCUT2D eigenvalue weighted by molar-refractivity contribution is 1.14. The Balaban J connectivity index is 1.51. The fourth-order valence-corrected chi connectivity index (χ4v) is 3.91. The Labute approximate surface area is 196 Å². The van der Waals surface area contributed by atoms with Gasteiger partial charge in [0.1, 0.15) is 0 Å². The topological polar surface area (TPSA) is 29.0 Å². The van der Waals surface area contributed by atoms with E-state index in [2.05, 4.69) is 91.5 Å². The molecule has 0 saturated heterocycles. The third-order valence-corrected chi connectivity index (χ3v) is 5.77. The monoisotopic (exact) mass is 477 g/mol. The molecule has 0 radical (unpaired) electrons. The van der Waals surface area contributed by atoms with Crippen molar-refractivity contribution in [1.82, 2.24) is 9.97 Å². The van der Waals surface area contributed by atoms with E-state index >= 15 is 0 Å². The number of halogens is 1. The summed E-state index contributed by atoms with van der Waals surface area (Å²) in [6, 6.07) is 37.2. The first-order chi connectivity index (χ1) is 15.8. The van der Waals surface area contributed by atoms with E-state index in [0.29, 0.717) is 5.82 Å². The van der Waals surface area contributed by atoms with Gasteiger partial charge in [0.05, 0.1) is 18.1 Å². The quantitative estimate of drug-likeness (QED) is 0.256. The molecule has 4 aromatic carbocycles. The molecule has 1 heterocycles. The van der Waals surface area contributed by atoms with Gasteiger partial charge in [-0.05, 0) is 47.5 Å². The third-order valence-electron chi connectivity index (χ3n) is 5.25. The lowest BCUT2D eigenvalue weighted by Crippen LogP contribution is -2.10. The van der Waals surface area contributed by atoms with E-state index in [1.165, 1.54) is 11.1 Å². The molecule has 0 N–H and O–H groups in total. The average molecular weight is 478 g/mol. The molecular formula is C28H20BrN3. The van der Waals surface area contributed by atoms with Crippen molar-refractivity contribution < 1.29 is 0 Å². The lowest BCUT2D eigenvalue weighted by Gasteiger charge is -2.25. The summed E-state index contributed by atoms with van der Waals surface area (Å²) in [5.74, 6) is 0.716. The molecule has 154 valence electrons. The van der Waals surface area contributed by atoms with E-state index < -0.39 is 0 Å². The van der Waals surface area contributed by atoms with Gasteiger partial charge in [0, 0.05) is 21.4 Å². The molecule has 5 aromatic rings. The van der Waals surface area contributed by atoms with E-state index in [4.69, 9.17) is 0 Å². The van der Waals surface area contributed by atoms with Gasteiger partial charge < -0.3 is 4.90 Å². The van der Waals surface area contributed by atoms with Crippen molar-refractivity contribution in [3.05, 3.63) is 126 Å². The highest BCUT2D eigenvalue weighted by Gasteiger charge is 2.14. The van der Waals surface area contributed by atoms with Crippen molar-refractivity contribution in [2.45, 2.75) is 0 Å². The average Bonchev–Trinajstić information content (AvgIpc) is 2.87. The van der Waals surface area contributed by atoms with Gasteiger partial charge in [-0.2, -0.15) is 0 Å². The minimum Gasteiger partial charge on any atom is -0.308 e. The van der Waals surface area contributed by atoms with Gasteiger partial charge in [0.2, 0.25) is 0 Å². The van der Waals surface area contributed by atoms with Crippen LogP contribution >= 0.6 is 15.9 Å². The molecule has 0 saturated carbocycles. The highest BCUT2D eigenvalue weighted by atomic mass is 79.9. The molecule has 0 fully saturated rings. The number of hydrogen-bond donors (Lipinski definition) is 0. The van der Waals surface area contributed by atoms with Crippen molar-refractivity contribution in [1.29, 1.82) is 0 Å². The van der Waals surface area contributed by atoms with E-state index in [-0.39, 0.29) is 0 Å². The number of aromatic nitrogens is 2. The predicted molar refractivity (Wildman–Crippen MR) is 135 cm³/mol. The third kappa shape index (κ3) is 4.32. The molecule has 0 bridgehead atoms. The first-order valence-electron chi connectivity index (χ1n) is 10.4. The number of para-hydroxylation sites is 1. The van der Waals surface area contributed by atoms with Crippen LogP contribution in [0.1, 0.15) is 0 Å². The van der Waals surface area contributed by atoms with Crippen LogP contribution in [-0.4, -0.2) is 9.97 Å². The summed E-state index contributed by atoms with van der Waals surface area (Å²) in [4.78, 5) is 11.4. The van der Waals surface area contributed by atoms with Gasteiger partial charge in [0.15, 0.2) is 5.82 Å². The number of anilines is 3. The molecule has 0 aliphatic carbocycles. The van der Waals surface area contributed by atoms with Crippen molar-refractivity contribution in [3.63, 3.8) is 0 Å². The van der Waals surface area contributed by atoms with Crippen LogP contribution in [0.5, 0.6) is 0 Å². The Morgan fingerprint density at radius 1 is 0.469 bits per heavy atom. The van der Waals surface area contributed by atoms with Crippen molar-refractivity contribution in [2.75, 3.05) is 4.90 Å². The number of nitrogens with zero attached hydrogens (tertiary/aromatic N) is 3. The molecule has 0 amide bonds. The second-order valence-corrected chi connectivity index (χ2v) is 8.27. The summed E-state index contributed by atoms with van der Waals surface area (Å²) < 4.78 is 1.08. The van der Waals surface area contributed by atoms with Gasteiger partial charge in [-0.15, -0.1) is 0 Å². The Hall–Kier alpha value is -3.76. The molecule has 0 aliphatic heterocycles. The smallest absolute Gasteiger partial charge is 0.159 e. The minimum atomic E-state index is 0.716. The van der Waals surface area contributed by atoms with E-state index in [9.17, 15) is 0 Å². The molecule has 0 aliphatic rings. The second-order valence-electron chi connectivity index (χ2n) is 7.36. The summed E-state index contributed by atoms with van der Waals surface area (Å²) in [5.41, 5.74) is 6.37. The molecule has 1 aromatic heterocycles. The summed E-state index contributed by atoms with van der Waals surface area (Å²) in [7, 11) is 0. The van der Waals surface area contributed by atoms with Crippen LogP contribution in [-0.2, 0) is 0 Å². The van der Waals surface area contributed by atoms with Gasteiger partial charge in [0.25, 0.3) is 0 Å². The van der Waals surface area contributed by atoms with E-state index in [1.54, 1.807) is 0 Å². The Kier molecular flexibility index (Phi) is 5.77. The summed E-state index contributed by atoms with van der Waals surface area (Å²) in [6.45, 7) is 0. The molecule has 0 atom stereocenters. The van der Waals surface area contributed by atoms with Crippen LogP contribution in [0.3, 0.4) is 0 Å². The fraction of sp³-hybridized carbons (Fsp3) is 0. The summed E-state index contributed by atoms with van der Waals surface area (Å²) in [5, 5.41) is 0. The van der Waals surface area contributed by atoms with Crippen molar-refractivity contribution in [3.8, 4) is 22.5 Å². The zero-order valence-electron chi connectivity index (χ0n) is 17.3. The first kappa shape index (κ1) is 20.2. The van der Waals surface area contributed by atoms with E-state index in [1.807, 2.05) is 60.9 Å². The highest BCUT2D eigenvalue weighted by molar-refractivity contribution is 9.10. The van der Waals surface area contributed by atoms with Crippen LogP contribution in [0.4, 0.5) is 17.1 Å².